The van der Waals surface area contributed by atoms with Crippen molar-refractivity contribution in [3.8, 4) is 11.5 Å². The maximum atomic E-state index is 13.1. The SMILES string of the molecule is CCC(C)(C)Nc1nc(Nc2ccnc(C(F)(F)F)c2)nc(-c2cccc(C(F)(F)F)n2)n1. The van der Waals surface area contributed by atoms with Crippen LogP contribution in [0, 0.1) is 0 Å². The van der Waals surface area contributed by atoms with E-state index in [0.29, 0.717) is 6.42 Å². The topological polar surface area (TPSA) is 88.5 Å². The fourth-order valence-corrected chi connectivity index (χ4v) is 2.50. The molecule has 13 heteroatoms. The van der Waals surface area contributed by atoms with Crippen LogP contribution in [0.5, 0.6) is 0 Å². The van der Waals surface area contributed by atoms with E-state index < -0.39 is 29.3 Å². The summed E-state index contributed by atoms with van der Waals surface area (Å²) in [7, 11) is 0. The molecule has 7 nitrogen and oxygen atoms in total. The van der Waals surface area contributed by atoms with E-state index in [9.17, 15) is 26.3 Å². The second kappa shape index (κ2) is 8.79. The Morgan fingerprint density at radius 3 is 2.12 bits per heavy atom. The second-order valence-corrected chi connectivity index (χ2v) is 7.63. The Hall–Kier alpha value is -3.51. The van der Waals surface area contributed by atoms with Crippen molar-refractivity contribution in [2.45, 2.75) is 45.1 Å². The third kappa shape index (κ3) is 6.26. The monoisotopic (exact) mass is 471 g/mol. The molecule has 0 aliphatic carbocycles. The number of nitrogens with zero attached hydrogens (tertiary/aromatic N) is 5. The lowest BCUT2D eigenvalue weighted by Crippen LogP contribution is -2.31. The molecule has 3 heterocycles. The number of pyridine rings is 2. The Labute approximate surface area is 184 Å². The van der Waals surface area contributed by atoms with E-state index in [1.807, 2.05) is 20.8 Å². The van der Waals surface area contributed by atoms with Gasteiger partial charge in [0.05, 0.1) is 0 Å². The van der Waals surface area contributed by atoms with Crippen LogP contribution < -0.4 is 10.6 Å². The summed E-state index contributed by atoms with van der Waals surface area (Å²) in [5.74, 6) is -0.371. The average molecular weight is 471 g/mol. The molecular weight excluding hydrogens is 452 g/mol. The Morgan fingerprint density at radius 2 is 1.48 bits per heavy atom. The largest absolute Gasteiger partial charge is 0.433 e. The summed E-state index contributed by atoms with van der Waals surface area (Å²) < 4.78 is 78.2. The number of nitrogens with one attached hydrogen (secondary N) is 2. The minimum absolute atomic E-state index is 0.0127. The highest BCUT2D eigenvalue weighted by molar-refractivity contribution is 5.59. The molecule has 176 valence electrons. The molecule has 0 radical (unpaired) electrons. The van der Waals surface area contributed by atoms with Gasteiger partial charge in [-0.15, -0.1) is 0 Å². The Kier molecular flexibility index (Phi) is 6.43. The molecule has 0 aliphatic rings. The van der Waals surface area contributed by atoms with Crippen LogP contribution in [0.25, 0.3) is 11.5 Å². The molecule has 0 bridgehead atoms. The van der Waals surface area contributed by atoms with Crippen molar-refractivity contribution in [1.29, 1.82) is 0 Å². The number of alkyl halides is 6. The minimum Gasteiger partial charge on any atom is -0.349 e. The minimum atomic E-state index is -4.68. The quantitative estimate of drug-likeness (QED) is 0.445. The van der Waals surface area contributed by atoms with Gasteiger partial charge in [0.2, 0.25) is 11.9 Å². The first-order chi connectivity index (χ1) is 15.3. The van der Waals surface area contributed by atoms with E-state index in [2.05, 4.69) is 35.6 Å². The van der Waals surface area contributed by atoms with Crippen molar-refractivity contribution in [2.75, 3.05) is 10.6 Å². The highest BCUT2D eigenvalue weighted by Gasteiger charge is 2.33. The molecule has 0 amide bonds. The number of anilines is 3. The highest BCUT2D eigenvalue weighted by Crippen LogP contribution is 2.31. The van der Waals surface area contributed by atoms with Gasteiger partial charge >= 0.3 is 12.4 Å². The Balaban J connectivity index is 2.06. The van der Waals surface area contributed by atoms with Crippen LogP contribution in [0.3, 0.4) is 0 Å². The first-order valence-electron chi connectivity index (χ1n) is 9.66. The van der Waals surface area contributed by atoms with Crippen molar-refractivity contribution < 1.29 is 26.3 Å². The van der Waals surface area contributed by atoms with Gasteiger partial charge in [-0.3, -0.25) is 4.98 Å². The zero-order valence-corrected chi connectivity index (χ0v) is 17.7. The Bertz CT molecular complexity index is 1130. The van der Waals surface area contributed by atoms with Gasteiger partial charge in [0.15, 0.2) is 5.82 Å². The van der Waals surface area contributed by atoms with Crippen molar-refractivity contribution in [2.24, 2.45) is 0 Å². The number of halogens is 6. The molecule has 3 rings (SSSR count). The van der Waals surface area contributed by atoms with Crippen LogP contribution >= 0.6 is 0 Å². The van der Waals surface area contributed by atoms with Crippen molar-refractivity contribution in [3.05, 3.63) is 47.9 Å². The van der Waals surface area contributed by atoms with E-state index in [1.165, 1.54) is 12.1 Å². The maximum Gasteiger partial charge on any atom is 0.433 e. The number of aromatic nitrogens is 5. The molecule has 0 fully saturated rings. The van der Waals surface area contributed by atoms with Crippen LogP contribution in [0.2, 0.25) is 0 Å². The third-order valence-corrected chi connectivity index (χ3v) is 4.54. The Morgan fingerprint density at radius 1 is 0.818 bits per heavy atom. The zero-order valence-electron chi connectivity index (χ0n) is 17.7. The van der Waals surface area contributed by atoms with Gasteiger partial charge in [-0.1, -0.05) is 13.0 Å². The van der Waals surface area contributed by atoms with Gasteiger partial charge in [-0.25, -0.2) is 4.98 Å². The molecule has 0 saturated heterocycles. The molecule has 0 atom stereocenters. The van der Waals surface area contributed by atoms with E-state index in [0.717, 1.165) is 24.4 Å². The fourth-order valence-electron chi connectivity index (χ4n) is 2.50. The molecule has 0 aromatic carbocycles. The standard InChI is InChI=1S/C20H19F6N7/c1-4-18(2,3)33-17-31-15(12-6-5-7-13(29-12)19(21,22)23)30-16(32-17)28-11-8-9-27-14(10-11)20(24,25)26/h5-10H,4H2,1-3H3,(H2,27,28,30,31,32,33). The summed E-state index contributed by atoms with van der Waals surface area (Å²) in [5, 5.41) is 5.66. The maximum absolute atomic E-state index is 13.1. The van der Waals surface area contributed by atoms with Gasteiger partial charge in [0.1, 0.15) is 17.1 Å². The molecule has 0 unspecified atom stereocenters. The molecule has 33 heavy (non-hydrogen) atoms. The van der Waals surface area contributed by atoms with E-state index in [4.69, 9.17) is 0 Å². The summed E-state index contributed by atoms with van der Waals surface area (Å²) >= 11 is 0. The number of hydrogen-bond donors (Lipinski definition) is 2. The van der Waals surface area contributed by atoms with Gasteiger partial charge in [-0.2, -0.15) is 41.3 Å². The van der Waals surface area contributed by atoms with Crippen molar-refractivity contribution in [3.63, 3.8) is 0 Å². The molecule has 0 saturated carbocycles. The van der Waals surface area contributed by atoms with E-state index in [1.54, 1.807) is 0 Å². The lowest BCUT2D eigenvalue weighted by atomic mass is 10.0. The van der Waals surface area contributed by atoms with Gasteiger partial charge in [0, 0.05) is 17.4 Å². The van der Waals surface area contributed by atoms with E-state index in [-0.39, 0.29) is 29.1 Å². The zero-order chi connectivity index (χ0) is 24.4. The molecule has 0 aliphatic heterocycles. The van der Waals surface area contributed by atoms with Gasteiger partial charge in [-0.05, 0) is 44.5 Å². The lowest BCUT2D eigenvalue weighted by Gasteiger charge is -2.24. The van der Waals surface area contributed by atoms with Gasteiger partial charge < -0.3 is 10.6 Å². The molecule has 3 aromatic rings. The summed E-state index contributed by atoms with van der Waals surface area (Å²) in [6.45, 7) is 5.60. The predicted octanol–water partition coefficient (Wildman–Crippen LogP) is 5.71. The highest BCUT2D eigenvalue weighted by atomic mass is 19.4. The third-order valence-electron chi connectivity index (χ3n) is 4.54. The fraction of sp³-hybridized carbons (Fsp3) is 0.350. The van der Waals surface area contributed by atoms with Crippen LogP contribution in [-0.4, -0.2) is 30.5 Å². The van der Waals surface area contributed by atoms with Crippen LogP contribution in [-0.2, 0) is 12.4 Å². The molecule has 3 aromatic heterocycles. The van der Waals surface area contributed by atoms with E-state index >= 15 is 0 Å². The normalized spacial score (nSPS) is 12.5. The van der Waals surface area contributed by atoms with Crippen LogP contribution in [0.4, 0.5) is 43.9 Å². The molecule has 0 spiro atoms. The van der Waals surface area contributed by atoms with Crippen LogP contribution in [0.15, 0.2) is 36.5 Å². The molecular formula is C20H19F6N7. The van der Waals surface area contributed by atoms with Crippen molar-refractivity contribution >= 4 is 17.6 Å². The first kappa shape index (κ1) is 24.1. The summed E-state index contributed by atoms with van der Waals surface area (Å²) in [6, 6.07) is 5.28. The smallest absolute Gasteiger partial charge is 0.349 e. The second-order valence-electron chi connectivity index (χ2n) is 7.63. The average Bonchev–Trinajstić information content (AvgIpc) is 2.72. The lowest BCUT2D eigenvalue weighted by molar-refractivity contribution is -0.141. The summed E-state index contributed by atoms with van der Waals surface area (Å²) in [4.78, 5) is 19.2. The predicted molar refractivity (Wildman–Crippen MR) is 109 cm³/mol. The number of hydrogen-bond acceptors (Lipinski definition) is 7. The first-order valence-corrected chi connectivity index (χ1v) is 9.66. The summed E-state index contributed by atoms with van der Waals surface area (Å²) in [6.07, 6.45) is -7.74. The van der Waals surface area contributed by atoms with Gasteiger partial charge in [0.25, 0.3) is 0 Å². The molecule has 2 N–H and O–H groups in total. The summed E-state index contributed by atoms with van der Waals surface area (Å²) in [5.41, 5.74) is -2.96. The van der Waals surface area contributed by atoms with Crippen LogP contribution in [0.1, 0.15) is 38.6 Å². The van der Waals surface area contributed by atoms with Crippen molar-refractivity contribution in [1.82, 2.24) is 24.9 Å². The number of rotatable bonds is 6.